The number of halogens is 1. The molecule has 0 aliphatic rings. The first-order chi connectivity index (χ1) is 6.99. The number of amides is 1. The first-order valence-corrected chi connectivity index (χ1v) is 4.42. The Labute approximate surface area is 86.8 Å². The Morgan fingerprint density at radius 1 is 1.47 bits per heavy atom. The smallest absolute Gasteiger partial charge is 0.410 e. The SMILES string of the molecule is CC(C)Oc1ccc(F)c(OC(N)=O)c1. The molecule has 2 N–H and O–H groups in total. The number of hydrogen-bond acceptors (Lipinski definition) is 3. The third-order valence-corrected chi connectivity index (χ3v) is 1.49. The molecule has 0 aliphatic heterocycles. The van der Waals surface area contributed by atoms with Gasteiger partial charge in [-0.1, -0.05) is 0 Å². The van der Waals surface area contributed by atoms with Crippen molar-refractivity contribution in [3.05, 3.63) is 24.0 Å². The summed E-state index contributed by atoms with van der Waals surface area (Å²) in [6, 6.07) is 3.87. The van der Waals surface area contributed by atoms with Crippen molar-refractivity contribution in [2.75, 3.05) is 0 Å². The number of nitrogens with two attached hydrogens (primary N) is 1. The van der Waals surface area contributed by atoms with Crippen LogP contribution in [0.25, 0.3) is 0 Å². The highest BCUT2D eigenvalue weighted by Crippen LogP contribution is 2.24. The van der Waals surface area contributed by atoms with Crippen LogP contribution < -0.4 is 15.2 Å². The van der Waals surface area contributed by atoms with Crippen molar-refractivity contribution in [1.82, 2.24) is 0 Å². The Balaban J connectivity index is 2.89. The maximum Gasteiger partial charge on any atom is 0.410 e. The minimum Gasteiger partial charge on any atom is -0.491 e. The standard InChI is InChI=1S/C10H12FNO3/c1-6(2)14-7-3-4-8(11)9(5-7)15-10(12)13/h3-6H,1-2H3,(H2,12,13). The van der Waals surface area contributed by atoms with Crippen LogP contribution in [0.4, 0.5) is 9.18 Å². The predicted molar refractivity (Wildman–Crippen MR) is 52.4 cm³/mol. The predicted octanol–water partition coefficient (Wildman–Crippen LogP) is 2.07. The third kappa shape index (κ3) is 3.46. The fourth-order valence-corrected chi connectivity index (χ4v) is 1.02. The summed E-state index contributed by atoms with van der Waals surface area (Å²) in [6.45, 7) is 3.66. The Morgan fingerprint density at radius 3 is 2.67 bits per heavy atom. The van der Waals surface area contributed by atoms with Gasteiger partial charge in [-0.2, -0.15) is 0 Å². The molecule has 1 rings (SSSR count). The number of hydrogen-bond donors (Lipinski definition) is 1. The van der Waals surface area contributed by atoms with Gasteiger partial charge in [-0.3, -0.25) is 0 Å². The maximum atomic E-state index is 13.1. The Hall–Kier alpha value is -1.78. The third-order valence-electron chi connectivity index (χ3n) is 1.49. The summed E-state index contributed by atoms with van der Waals surface area (Å²) in [4.78, 5) is 10.4. The normalized spacial score (nSPS) is 10.1. The van der Waals surface area contributed by atoms with Gasteiger partial charge in [-0.05, 0) is 26.0 Å². The molecule has 0 saturated heterocycles. The van der Waals surface area contributed by atoms with E-state index >= 15 is 0 Å². The van der Waals surface area contributed by atoms with Crippen molar-refractivity contribution >= 4 is 6.09 Å². The topological polar surface area (TPSA) is 61.6 Å². The van der Waals surface area contributed by atoms with Crippen LogP contribution in [0.3, 0.4) is 0 Å². The van der Waals surface area contributed by atoms with E-state index in [1.165, 1.54) is 12.1 Å². The summed E-state index contributed by atoms with van der Waals surface area (Å²) in [5, 5.41) is 0. The van der Waals surface area contributed by atoms with Crippen molar-refractivity contribution < 1.29 is 18.7 Å². The van der Waals surface area contributed by atoms with Gasteiger partial charge >= 0.3 is 6.09 Å². The van der Waals surface area contributed by atoms with E-state index in [-0.39, 0.29) is 11.9 Å². The van der Waals surface area contributed by atoms with Crippen LogP contribution in [0.1, 0.15) is 13.8 Å². The monoisotopic (exact) mass is 213 g/mol. The fraction of sp³-hybridized carbons (Fsp3) is 0.300. The van der Waals surface area contributed by atoms with Gasteiger partial charge in [0, 0.05) is 6.07 Å². The lowest BCUT2D eigenvalue weighted by molar-refractivity contribution is 0.207. The Kier molecular flexibility index (Phi) is 3.49. The second-order valence-corrected chi connectivity index (χ2v) is 3.18. The summed E-state index contributed by atoms with van der Waals surface area (Å²) >= 11 is 0. The zero-order valence-corrected chi connectivity index (χ0v) is 8.49. The summed E-state index contributed by atoms with van der Waals surface area (Å²) in [7, 11) is 0. The van der Waals surface area contributed by atoms with E-state index in [4.69, 9.17) is 10.5 Å². The van der Waals surface area contributed by atoms with Crippen LogP contribution in [0.2, 0.25) is 0 Å². The molecule has 0 heterocycles. The minimum atomic E-state index is -1.06. The summed E-state index contributed by atoms with van der Waals surface area (Å²) in [5.41, 5.74) is 4.78. The molecule has 0 unspecified atom stereocenters. The van der Waals surface area contributed by atoms with Crippen molar-refractivity contribution in [3.63, 3.8) is 0 Å². The van der Waals surface area contributed by atoms with E-state index in [1.54, 1.807) is 0 Å². The van der Waals surface area contributed by atoms with E-state index < -0.39 is 11.9 Å². The Bertz CT molecular complexity index is 366. The number of ether oxygens (including phenoxy) is 2. The van der Waals surface area contributed by atoms with Crippen LogP contribution in [-0.2, 0) is 0 Å². The van der Waals surface area contributed by atoms with Gasteiger partial charge in [0.05, 0.1) is 6.10 Å². The highest BCUT2D eigenvalue weighted by molar-refractivity contribution is 5.68. The van der Waals surface area contributed by atoms with Gasteiger partial charge in [-0.15, -0.1) is 0 Å². The van der Waals surface area contributed by atoms with Crippen LogP contribution in [0.5, 0.6) is 11.5 Å². The molecule has 0 radical (unpaired) electrons. The van der Waals surface area contributed by atoms with Gasteiger partial charge in [0.25, 0.3) is 0 Å². The van der Waals surface area contributed by atoms with Gasteiger partial charge in [-0.25, -0.2) is 9.18 Å². The molecule has 0 aromatic heterocycles. The second-order valence-electron chi connectivity index (χ2n) is 3.18. The molecule has 5 heteroatoms. The van der Waals surface area contributed by atoms with Crippen molar-refractivity contribution in [3.8, 4) is 11.5 Å². The van der Waals surface area contributed by atoms with Crippen molar-refractivity contribution in [2.24, 2.45) is 5.73 Å². The van der Waals surface area contributed by atoms with Crippen molar-refractivity contribution in [1.29, 1.82) is 0 Å². The molecular weight excluding hydrogens is 201 g/mol. The van der Waals surface area contributed by atoms with Gasteiger partial charge in [0.1, 0.15) is 5.75 Å². The quantitative estimate of drug-likeness (QED) is 0.836. The largest absolute Gasteiger partial charge is 0.491 e. The molecule has 15 heavy (non-hydrogen) atoms. The molecule has 0 aliphatic carbocycles. The molecule has 0 bridgehead atoms. The first-order valence-electron chi connectivity index (χ1n) is 4.42. The summed E-state index contributed by atoms with van der Waals surface area (Å²) in [6.07, 6.45) is -1.10. The van der Waals surface area contributed by atoms with E-state index in [0.29, 0.717) is 5.75 Å². The fourth-order valence-electron chi connectivity index (χ4n) is 1.02. The number of carbonyl (C=O) groups excluding carboxylic acids is 1. The Morgan fingerprint density at radius 2 is 2.13 bits per heavy atom. The van der Waals surface area contributed by atoms with E-state index in [2.05, 4.69) is 4.74 Å². The second kappa shape index (κ2) is 4.63. The van der Waals surface area contributed by atoms with Crippen LogP contribution >= 0.6 is 0 Å². The van der Waals surface area contributed by atoms with Crippen LogP contribution in [0.15, 0.2) is 18.2 Å². The first kappa shape index (κ1) is 11.3. The maximum absolute atomic E-state index is 13.1. The zero-order valence-electron chi connectivity index (χ0n) is 8.49. The van der Waals surface area contributed by atoms with E-state index in [9.17, 15) is 9.18 Å². The number of primary amides is 1. The van der Waals surface area contributed by atoms with E-state index in [1.807, 2.05) is 13.8 Å². The molecule has 0 saturated carbocycles. The lowest BCUT2D eigenvalue weighted by Gasteiger charge is -2.10. The van der Waals surface area contributed by atoms with E-state index in [0.717, 1.165) is 6.07 Å². The average Bonchev–Trinajstić information content (AvgIpc) is 2.09. The molecule has 1 amide bonds. The van der Waals surface area contributed by atoms with Crippen LogP contribution in [0, 0.1) is 5.82 Å². The number of rotatable bonds is 3. The molecule has 0 atom stereocenters. The lowest BCUT2D eigenvalue weighted by atomic mass is 10.3. The van der Waals surface area contributed by atoms with Gasteiger partial charge in [0.15, 0.2) is 11.6 Å². The number of benzene rings is 1. The molecule has 0 fully saturated rings. The highest BCUT2D eigenvalue weighted by atomic mass is 19.1. The zero-order chi connectivity index (χ0) is 11.4. The summed E-state index contributed by atoms with van der Waals surface area (Å²) < 4.78 is 22.8. The number of carbonyl (C=O) groups is 1. The average molecular weight is 213 g/mol. The minimum absolute atomic E-state index is 0.0445. The van der Waals surface area contributed by atoms with Gasteiger partial charge < -0.3 is 15.2 Å². The molecule has 82 valence electrons. The lowest BCUT2D eigenvalue weighted by Crippen LogP contribution is -2.17. The molecule has 4 nitrogen and oxygen atoms in total. The van der Waals surface area contributed by atoms with Crippen molar-refractivity contribution in [2.45, 2.75) is 20.0 Å². The molecule has 0 spiro atoms. The van der Waals surface area contributed by atoms with Gasteiger partial charge in [0.2, 0.25) is 0 Å². The van der Waals surface area contributed by atoms with Crippen LogP contribution in [-0.4, -0.2) is 12.2 Å². The molecule has 1 aromatic carbocycles. The highest BCUT2D eigenvalue weighted by Gasteiger charge is 2.09. The molecular formula is C10H12FNO3. The summed E-state index contributed by atoms with van der Waals surface area (Å²) in [5.74, 6) is -0.479. The molecule has 1 aromatic rings.